The number of aliphatic imine (C=N–C) groups is 1. The first kappa shape index (κ1) is 43.4. The minimum absolute atomic E-state index is 0.113. The van der Waals surface area contributed by atoms with Crippen molar-refractivity contribution < 1.29 is 33.2 Å². The number of pyridine rings is 2. The van der Waals surface area contributed by atoms with Gasteiger partial charge in [0, 0.05) is 30.6 Å². The highest BCUT2D eigenvalue weighted by atomic mass is 35.5. The molecule has 0 radical (unpaired) electrons. The lowest BCUT2D eigenvalue weighted by Crippen LogP contribution is -2.20. The van der Waals surface area contributed by atoms with Gasteiger partial charge < -0.3 is 37.9 Å². The summed E-state index contributed by atoms with van der Waals surface area (Å²) in [6.07, 6.45) is 2.78. The largest absolute Gasteiger partial charge is 0.409 e. The molecule has 0 saturated carbocycles. The molecule has 0 aliphatic heterocycles. The van der Waals surface area contributed by atoms with E-state index in [0.717, 1.165) is 12.1 Å². The lowest BCUT2D eigenvalue weighted by Gasteiger charge is -2.12. The zero-order chi connectivity index (χ0) is 43.3. The fourth-order valence-corrected chi connectivity index (χ4v) is 5.35. The molecule has 0 aliphatic rings. The maximum Gasteiger partial charge on any atom is 0.258 e. The topological polar surface area (TPSA) is 239 Å². The Balaban J connectivity index is 0.000000228. The number of amidine groups is 2. The van der Waals surface area contributed by atoms with Crippen molar-refractivity contribution in [3.8, 4) is 0 Å². The number of benzene rings is 4. The summed E-state index contributed by atoms with van der Waals surface area (Å²) in [6.45, 7) is 0. The number of carbonyl (C=O) groups is 4. The number of hydrogen-bond donors (Lipinski definition) is 7. The molecule has 0 atom stereocenters. The monoisotopic (exact) mass is 852 g/mol. The van der Waals surface area contributed by atoms with Crippen molar-refractivity contribution in [2.45, 2.75) is 0 Å². The Labute approximate surface area is 350 Å². The molecular formula is C41H32Cl2F2N10O5. The SMILES string of the molecule is CN=C(N)c1ccc(C(=O)Nc2ccccc2C(=O)Nc2ccc(Cl)cn2)c(F)c1.N/C(=N/O)c1ccc(C(=O)Nc2ccccc2C(=O)Nc2ccc(Cl)cn2)c(F)c1. The highest BCUT2D eigenvalue weighted by molar-refractivity contribution is 6.30. The number of aromatic nitrogens is 2. The molecule has 0 bridgehead atoms. The molecule has 0 saturated heterocycles. The van der Waals surface area contributed by atoms with Gasteiger partial charge in [0.25, 0.3) is 23.6 Å². The molecule has 0 unspecified atom stereocenters. The molecule has 2 heterocycles. The summed E-state index contributed by atoms with van der Waals surface area (Å²) in [7, 11) is 1.48. The number of amides is 4. The standard InChI is InChI=1S/C21H17ClFN5O2.C20H15ClFN5O3/c1-25-19(24)12-6-8-14(16(23)10-12)20(29)27-17-5-3-2-4-15(17)21(30)28-18-9-7-13(22)11-26-18;21-12-6-8-17(24-10-12)26-20(29)14-3-1-2-4-16(14)25-19(28)13-7-5-11(9-15(13)22)18(23)27-30/h2-11H,1H3,(H2,24,25)(H,27,29)(H,26,28,30);1-10,30H,(H2,23,27)(H,25,28)(H,24,26,29). The average Bonchev–Trinajstić information content (AvgIpc) is 3.25. The molecule has 6 rings (SSSR count). The third-order valence-electron chi connectivity index (χ3n) is 8.15. The van der Waals surface area contributed by atoms with E-state index in [4.69, 9.17) is 39.9 Å². The summed E-state index contributed by atoms with van der Waals surface area (Å²) in [6, 6.07) is 26.2. The maximum absolute atomic E-state index is 14.4. The Bertz CT molecular complexity index is 2450. The van der Waals surface area contributed by atoms with Crippen LogP contribution < -0.4 is 32.7 Å². The van der Waals surface area contributed by atoms with E-state index >= 15 is 0 Å². The number of hydrogen-bond acceptors (Lipinski definition) is 9. The van der Waals surface area contributed by atoms with E-state index in [-0.39, 0.29) is 56.7 Å². The fraction of sp³-hybridized carbons (Fsp3) is 0.0244. The van der Waals surface area contributed by atoms with Crippen LogP contribution in [0.4, 0.5) is 31.8 Å². The Morgan fingerprint density at radius 2 is 0.967 bits per heavy atom. The third-order valence-corrected chi connectivity index (χ3v) is 8.59. The minimum atomic E-state index is -0.871. The normalized spacial score (nSPS) is 11.1. The van der Waals surface area contributed by atoms with E-state index in [1.54, 1.807) is 42.5 Å². The van der Waals surface area contributed by atoms with Crippen molar-refractivity contribution in [2.24, 2.45) is 21.6 Å². The van der Waals surface area contributed by atoms with E-state index in [2.05, 4.69) is 41.4 Å². The van der Waals surface area contributed by atoms with Gasteiger partial charge >= 0.3 is 0 Å². The molecule has 6 aromatic rings. The minimum Gasteiger partial charge on any atom is -0.409 e. The molecule has 4 aromatic carbocycles. The van der Waals surface area contributed by atoms with Crippen molar-refractivity contribution in [2.75, 3.05) is 28.3 Å². The van der Waals surface area contributed by atoms with Gasteiger partial charge in [-0.3, -0.25) is 24.2 Å². The molecule has 4 amide bonds. The number of nitrogens with zero attached hydrogens (tertiary/aromatic N) is 4. The molecular weight excluding hydrogens is 821 g/mol. The summed E-state index contributed by atoms with van der Waals surface area (Å²) >= 11 is 11.6. The highest BCUT2D eigenvalue weighted by Crippen LogP contribution is 2.22. The first-order valence-corrected chi connectivity index (χ1v) is 18.0. The summed E-state index contributed by atoms with van der Waals surface area (Å²) in [5.74, 6) is -3.71. The van der Waals surface area contributed by atoms with Gasteiger partial charge in [0.2, 0.25) is 0 Å². The van der Waals surface area contributed by atoms with Crippen molar-refractivity contribution in [3.05, 3.63) is 177 Å². The summed E-state index contributed by atoms with van der Waals surface area (Å²) < 4.78 is 28.7. The van der Waals surface area contributed by atoms with Crippen LogP contribution in [0.3, 0.4) is 0 Å². The first-order valence-electron chi connectivity index (χ1n) is 17.2. The van der Waals surface area contributed by atoms with Crippen molar-refractivity contribution in [3.63, 3.8) is 0 Å². The second-order valence-corrected chi connectivity index (χ2v) is 13.0. The zero-order valence-electron chi connectivity index (χ0n) is 31.1. The molecule has 0 fully saturated rings. The number of rotatable bonds is 10. The first-order chi connectivity index (χ1) is 28.8. The molecule has 60 heavy (non-hydrogen) atoms. The quantitative estimate of drug-likeness (QED) is 0.0319. The van der Waals surface area contributed by atoms with Crippen LogP contribution in [-0.2, 0) is 0 Å². The Kier molecular flexibility index (Phi) is 14.5. The van der Waals surface area contributed by atoms with E-state index in [1.165, 1.54) is 74.0 Å². The number of carbonyl (C=O) groups excluding carboxylic acids is 4. The average molecular weight is 854 g/mol. The lowest BCUT2D eigenvalue weighted by molar-refractivity contribution is 0.100. The number of anilines is 4. The molecule has 0 aliphatic carbocycles. The molecule has 304 valence electrons. The highest BCUT2D eigenvalue weighted by Gasteiger charge is 2.20. The van der Waals surface area contributed by atoms with Crippen LogP contribution in [0.5, 0.6) is 0 Å². The molecule has 19 heteroatoms. The van der Waals surface area contributed by atoms with E-state index in [9.17, 15) is 28.0 Å². The van der Waals surface area contributed by atoms with Crippen LogP contribution in [0.25, 0.3) is 0 Å². The van der Waals surface area contributed by atoms with Crippen molar-refractivity contribution in [1.29, 1.82) is 0 Å². The van der Waals surface area contributed by atoms with Gasteiger partial charge in [0.05, 0.1) is 43.7 Å². The lowest BCUT2D eigenvalue weighted by atomic mass is 10.1. The number of oxime groups is 1. The van der Waals surface area contributed by atoms with E-state index in [0.29, 0.717) is 21.4 Å². The Morgan fingerprint density at radius 1 is 0.567 bits per heavy atom. The zero-order valence-corrected chi connectivity index (χ0v) is 32.6. The van der Waals surface area contributed by atoms with E-state index < -0.39 is 35.3 Å². The fourth-order valence-electron chi connectivity index (χ4n) is 5.13. The molecule has 0 spiro atoms. The molecule has 9 N–H and O–H groups in total. The van der Waals surface area contributed by atoms with Crippen LogP contribution in [0.1, 0.15) is 52.6 Å². The summed E-state index contributed by atoms with van der Waals surface area (Å²) in [4.78, 5) is 62.1. The van der Waals surface area contributed by atoms with Crippen LogP contribution in [0.15, 0.2) is 132 Å². The second-order valence-electron chi connectivity index (χ2n) is 12.1. The van der Waals surface area contributed by atoms with Gasteiger partial charge in [-0.25, -0.2) is 18.7 Å². The van der Waals surface area contributed by atoms with Gasteiger partial charge in [-0.1, -0.05) is 64.8 Å². The number of halogens is 4. The van der Waals surface area contributed by atoms with Crippen LogP contribution in [0, 0.1) is 11.6 Å². The summed E-state index contributed by atoms with van der Waals surface area (Å²) in [5.41, 5.74) is 11.8. The van der Waals surface area contributed by atoms with Crippen molar-refractivity contribution >= 4 is 81.5 Å². The van der Waals surface area contributed by atoms with Gasteiger partial charge in [0.1, 0.15) is 29.1 Å². The Hall–Kier alpha value is -7.76. The predicted molar refractivity (Wildman–Crippen MR) is 225 cm³/mol. The van der Waals surface area contributed by atoms with Gasteiger partial charge in [0.15, 0.2) is 5.84 Å². The van der Waals surface area contributed by atoms with Gasteiger partial charge in [-0.15, -0.1) is 0 Å². The third kappa shape index (κ3) is 11.2. The smallest absolute Gasteiger partial charge is 0.258 e. The Morgan fingerprint density at radius 3 is 1.33 bits per heavy atom. The van der Waals surface area contributed by atoms with Crippen LogP contribution in [0.2, 0.25) is 10.0 Å². The number of para-hydroxylation sites is 2. The van der Waals surface area contributed by atoms with E-state index in [1.807, 2.05) is 0 Å². The number of nitrogens with two attached hydrogens (primary N) is 2. The molecule has 2 aromatic heterocycles. The van der Waals surface area contributed by atoms with Crippen LogP contribution in [-0.4, -0.2) is 57.5 Å². The van der Waals surface area contributed by atoms with Crippen LogP contribution >= 0.6 is 23.2 Å². The molecule has 15 nitrogen and oxygen atoms in total. The predicted octanol–water partition coefficient (Wildman–Crippen LogP) is 7.19. The van der Waals surface area contributed by atoms with Gasteiger partial charge in [-0.05, 0) is 72.8 Å². The summed E-state index contributed by atoms with van der Waals surface area (Å²) in [5, 5.41) is 22.6. The number of nitrogens with one attached hydrogen (secondary N) is 4. The maximum atomic E-state index is 14.4. The van der Waals surface area contributed by atoms with Crippen molar-refractivity contribution in [1.82, 2.24) is 9.97 Å². The second kappa shape index (κ2) is 20.1. The van der Waals surface area contributed by atoms with Gasteiger partial charge in [-0.2, -0.15) is 0 Å².